The van der Waals surface area contributed by atoms with Crippen molar-refractivity contribution >= 4 is 34.6 Å². The first-order valence-corrected chi connectivity index (χ1v) is 8.38. The highest BCUT2D eigenvalue weighted by Crippen LogP contribution is 2.26. The van der Waals surface area contributed by atoms with E-state index in [9.17, 15) is 14.7 Å². The number of thiophene rings is 1. The number of aliphatic hydroxyl groups is 1. The van der Waals surface area contributed by atoms with Gasteiger partial charge in [-0.1, -0.05) is 24.4 Å². The highest BCUT2D eigenvalue weighted by Gasteiger charge is 2.11. The average Bonchev–Trinajstić information content (AvgIpc) is 2.86. The standard InChI is InChI=1S/C15H22ClNO3S/c1-11(18)6-4-2-3-5-7-15(20)17-10-12(19)13-8-9-14(16)21-13/h8-9,12,19H,2-7,10H2,1H3,(H,17,20)/t12-/m0/s1. The number of carbonyl (C=O) groups excluding carboxylic acids is 2. The van der Waals surface area contributed by atoms with E-state index < -0.39 is 6.10 Å². The fourth-order valence-corrected chi connectivity index (χ4v) is 2.97. The van der Waals surface area contributed by atoms with Crippen LogP contribution in [-0.4, -0.2) is 23.3 Å². The van der Waals surface area contributed by atoms with E-state index in [1.54, 1.807) is 19.1 Å². The molecule has 0 radical (unpaired) electrons. The lowest BCUT2D eigenvalue weighted by Gasteiger charge is -2.10. The number of nitrogens with one attached hydrogen (secondary N) is 1. The first-order chi connectivity index (χ1) is 9.99. The van der Waals surface area contributed by atoms with Crippen molar-refractivity contribution in [3.63, 3.8) is 0 Å². The average molecular weight is 332 g/mol. The van der Waals surface area contributed by atoms with Crippen LogP contribution in [0.3, 0.4) is 0 Å². The van der Waals surface area contributed by atoms with Crippen molar-refractivity contribution in [1.29, 1.82) is 0 Å². The van der Waals surface area contributed by atoms with Gasteiger partial charge in [0.2, 0.25) is 5.91 Å². The Labute approximate surface area is 134 Å². The third kappa shape index (κ3) is 8.19. The maximum atomic E-state index is 11.6. The molecule has 0 unspecified atom stereocenters. The summed E-state index contributed by atoms with van der Waals surface area (Å²) in [5, 5.41) is 12.6. The zero-order valence-corrected chi connectivity index (χ0v) is 13.8. The second-order valence-electron chi connectivity index (χ2n) is 5.08. The molecule has 0 aliphatic rings. The van der Waals surface area contributed by atoms with Gasteiger partial charge in [0.1, 0.15) is 11.9 Å². The molecule has 0 saturated heterocycles. The van der Waals surface area contributed by atoms with Crippen molar-refractivity contribution in [3.05, 3.63) is 21.3 Å². The summed E-state index contributed by atoms with van der Waals surface area (Å²) in [6, 6.07) is 3.49. The van der Waals surface area contributed by atoms with Crippen LogP contribution in [0.1, 0.15) is 56.4 Å². The highest BCUT2D eigenvalue weighted by atomic mass is 35.5. The second-order valence-corrected chi connectivity index (χ2v) is 6.82. The fraction of sp³-hybridized carbons (Fsp3) is 0.600. The lowest BCUT2D eigenvalue weighted by atomic mass is 10.1. The summed E-state index contributed by atoms with van der Waals surface area (Å²) in [5.41, 5.74) is 0. The van der Waals surface area contributed by atoms with E-state index in [2.05, 4.69) is 5.32 Å². The summed E-state index contributed by atoms with van der Waals surface area (Å²) in [6.45, 7) is 1.81. The molecule has 1 atom stereocenters. The quantitative estimate of drug-likeness (QED) is 0.645. The molecule has 0 spiro atoms. The Kier molecular flexibility index (Phi) is 8.57. The van der Waals surface area contributed by atoms with Crippen LogP contribution in [0, 0.1) is 0 Å². The van der Waals surface area contributed by atoms with E-state index in [0.29, 0.717) is 17.2 Å². The maximum absolute atomic E-state index is 11.6. The smallest absolute Gasteiger partial charge is 0.220 e. The van der Waals surface area contributed by atoms with Gasteiger partial charge in [-0.3, -0.25) is 4.79 Å². The van der Waals surface area contributed by atoms with E-state index >= 15 is 0 Å². The van der Waals surface area contributed by atoms with Gasteiger partial charge in [-0.2, -0.15) is 0 Å². The zero-order chi connectivity index (χ0) is 15.7. The van der Waals surface area contributed by atoms with Crippen molar-refractivity contribution in [2.24, 2.45) is 0 Å². The molecule has 0 aromatic carbocycles. The Morgan fingerprint density at radius 3 is 2.48 bits per heavy atom. The van der Waals surface area contributed by atoms with Crippen LogP contribution in [0.2, 0.25) is 4.34 Å². The van der Waals surface area contributed by atoms with Gasteiger partial charge in [-0.15, -0.1) is 11.3 Å². The molecule has 6 heteroatoms. The largest absolute Gasteiger partial charge is 0.386 e. The molecule has 1 heterocycles. The molecule has 0 aliphatic heterocycles. The van der Waals surface area contributed by atoms with E-state index in [0.717, 1.165) is 30.6 Å². The summed E-state index contributed by atoms with van der Waals surface area (Å²) < 4.78 is 0.626. The monoisotopic (exact) mass is 331 g/mol. The summed E-state index contributed by atoms with van der Waals surface area (Å²) in [5.74, 6) is 0.165. The summed E-state index contributed by atoms with van der Waals surface area (Å²) in [4.78, 5) is 23.1. The number of carbonyl (C=O) groups is 2. The number of hydrogen-bond acceptors (Lipinski definition) is 4. The van der Waals surface area contributed by atoms with Crippen LogP contribution in [0.5, 0.6) is 0 Å². The van der Waals surface area contributed by atoms with Gasteiger partial charge in [0.25, 0.3) is 0 Å². The van der Waals surface area contributed by atoms with Gasteiger partial charge >= 0.3 is 0 Å². The molecule has 1 aromatic heterocycles. The zero-order valence-electron chi connectivity index (χ0n) is 12.2. The molecule has 4 nitrogen and oxygen atoms in total. The number of amides is 1. The van der Waals surface area contributed by atoms with Gasteiger partial charge in [0.15, 0.2) is 0 Å². The van der Waals surface area contributed by atoms with Crippen LogP contribution in [0.25, 0.3) is 0 Å². The van der Waals surface area contributed by atoms with E-state index in [1.165, 1.54) is 11.3 Å². The van der Waals surface area contributed by atoms with E-state index in [1.807, 2.05) is 0 Å². The Hall–Kier alpha value is -0.910. The van der Waals surface area contributed by atoms with Crippen LogP contribution in [0.4, 0.5) is 0 Å². The first kappa shape index (κ1) is 18.1. The molecule has 118 valence electrons. The van der Waals surface area contributed by atoms with Crippen molar-refractivity contribution in [2.75, 3.05) is 6.54 Å². The van der Waals surface area contributed by atoms with Crippen molar-refractivity contribution < 1.29 is 14.7 Å². The molecule has 1 amide bonds. The number of Topliss-reactive ketones (excluding diaryl/α,β-unsaturated/α-hetero) is 1. The third-order valence-electron chi connectivity index (χ3n) is 3.10. The Morgan fingerprint density at radius 1 is 1.24 bits per heavy atom. The minimum Gasteiger partial charge on any atom is -0.386 e. The normalized spacial score (nSPS) is 12.1. The Balaban J connectivity index is 2.07. The maximum Gasteiger partial charge on any atom is 0.220 e. The number of halogens is 1. The van der Waals surface area contributed by atoms with Gasteiger partial charge < -0.3 is 15.2 Å². The van der Waals surface area contributed by atoms with Crippen LogP contribution >= 0.6 is 22.9 Å². The van der Waals surface area contributed by atoms with E-state index in [4.69, 9.17) is 11.6 Å². The van der Waals surface area contributed by atoms with Crippen molar-refractivity contribution in [2.45, 2.75) is 51.6 Å². The number of hydrogen-bond donors (Lipinski definition) is 2. The lowest BCUT2D eigenvalue weighted by Crippen LogP contribution is -2.27. The number of rotatable bonds is 10. The van der Waals surface area contributed by atoms with Crippen molar-refractivity contribution in [1.82, 2.24) is 5.32 Å². The van der Waals surface area contributed by atoms with E-state index in [-0.39, 0.29) is 18.2 Å². The minimum atomic E-state index is -0.706. The molecule has 0 fully saturated rings. The molecule has 0 saturated carbocycles. The summed E-state index contributed by atoms with van der Waals surface area (Å²) in [6.07, 6.45) is 4.01. The molecular formula is C15H22ClNO3S. The SMILES string of the molecule is CC(=O)CCCCCCC(=O)NC[C@H](O)c1ccc(Cl)s1. The van der Waals surface area contributed by atoms with Gasteiger partial charge in [-0.25, -0.2) is 0 Å². The van der Waals surface area contributed by atoms with Crippen LogP contribution < -0.4 is 5.32 Å². The molecule has 1 aromatic rings. The summed E-state index contributed by atoms with van der Waals surface area (Å²) in [7, 11) is 0. The molecule has 1 rings (SSSR count). The predicted molar refractivity (Wildman–Crippen MR) is 85.7 cm³/mol. The molecular weight excluding hydrogens is 310 g/mol. The topological polar surface area (TPSA) is 66.4 Å². The number of ketones is 1. The van der Waals surface area contributed by atoms with Gasteiger partial charge in [-0.05, 0) is 31.9 Å². The third-order valence-corrected chi connectivity index (χ3v) is 4.43. The fourth-order valence-electron chi connectivity index (χ4n) is 1.92. The second kappa shape index (κ2) is 9.92. The Morgan fingerprint density at radius 2 is 1.90 bits per heavy atom. The van der Waals surface area contributed by atoms with Crippen LogP contribution in [0.15, 0.2) is 12.1 Å². The van der Waals surface area contributed by atoms with Gasteiger partial charge in [0, 0.05) is 24.3 Å². The first-order valence-electron chi connectivity index (χ1n) is 7.18. The molecule has 21 heavy (non-hydrogen) atoms. The number of unbranched alkanes of at least 4 members (excludes halogenated alkanes) is 3. The van der Waals surface area contributed by atoms with Crippen LogP contribution in [-0.2, 0) is 9.59 Å². The molecule has 0 bridgehead atoms. The van der Waals surface area contributed by atoms with Gasteiger partial charge in [0.05, 0.1) is 4.34 Å². The minimum absolute atomic E-state index is 0.0525. The summed E-state index contributed by atoms with van der Waals surface area (Å²) >= 11 is 7.11. The number of aliphatic hydroxyl groups excluding tert-OH is 1. The van der Waals surface area contributed by atoms with Crippen molar-refractivity contribution in [3.8, 4) is 0 Å². The Bertz CT molecular complexity index is 462. The lowest BCUT2D eigenvalue weighted by molar-refractivity contribution is -0.121. The predicted octanol–water partition coefficient (Wildman–Crippen LogP) is 3.48. The molecule has 2 N–H and O–H groups in total. The molecule has 0 aliphatic carbocycles. The highest BCUT2D eigenvalue weighted by molar-refractivity contribution is 7.16.